The maximum Gasteiger partial charge on any atom is 0.261 e. The molecule has 0 bridgehead atoms. The number of amides is 1. The number of hydrogen-bond acceptors (Lipinski definition) is 4. The van der Waals surface area contributed by atoms with Crippen molar-refractivity contribution in [3.05, 3.63) is 20.8 Å². The molecule has 6 heteroatoms. The molecule has 4 nitrogen and oxygen atoms in total. The van der Waals surface area contributed by atoms with E-state index >= 15 is 0 Å². The number of halogens is 1. The third kappa shape index (κ3) is 4.56. The summed E-state index contributed by atoms with van der Waals surface area (Å²) in [6.45, 7) is 1.97. The van der Waals surface area contributed by atoms with Crippen LogP contribution in [0.5, 0.6) is 0 Å². The minimum Gasteiger partial charge on any atom is -0.393 e. The van der Waals surface area contributed by atoms with Gasteiger partial charge >= 0.3 is 0 Å². The number of carbonyl (C=O) groups is 1. The molecule has 106 valence electrons. The Balaban J connectivity index is 1.69. The topological polar surface area (TPSA) is 58.6 Å². The van der Waals surface area contributed by atoms with E-state index in [1.54, 1.807) is 6.07 Å². The molecule has 1 atom stereocenters. The van der Waals surface area contributed by atoms with Gasteiger partial charge in [-0.2, -0.15) is 0 Å². The van der Waals surface area contributed by atoms with Crippen LogP contribution in [0.15, 0.2) is 15.9 Å². The van der Waals surface area contributed by atoms with Crippen molar-refractivity contribution >= 4 is 33.2 Å². The SMILES string of the molecule is O=C(NCC[C@@H](O)C1CCOCC1)c1cc(Br)cs1. The van der Waals surface area contributed by atoms with Gasteiger partial charge in [-0.1, -0.05) is 0 Å². The third-order valence-corrected chi connectivity index (χ3v) is 5.02. The monoisotopic (exact) mass is 347 g/mol. The van der Waals surface area contributed by atoms with Gasteiger partial charge in [0, 0.05) is 29.6 Å². The van der Waals surface area contributed by atoms with E-state index in [1.807, 2.05) is 5.38 Å². The molecule has 1 aromatic heterocycles. The first-order valence-corrected chi connectivity index (χ1v) is 8.12. The third-order valence-electron chi connectivity index (χ3n) is 3.33. The lowest BCUT2D eigenvalue weighted by Gasteiger charge is -2.26. The molecule has 19 heavy (non-hydrogen) atoms. The van der Waals surface area contributed by atoms with E-state index in [2.05, 4.69) is 21.2 Å². The van der Waals surface area contributed by atoms with Crippen LogP contribution in [0.1, 0.15) is 28.9 Å². The van der Waals surface area contributed by atoms with Crippen LogP contribution in [0.3, 0.4) is 0 Å². The summed E-state index contributed by atoms with van der Waals surface area (Å²) in [5.74, 6) is 0.233. The smallest absolute Gasteiger partial charge is 0.261 e. The summed E-state index contributed by atoms with van der Waals surface area (Å²) in [5, 5.41) is 14.8. The molecular formula is C13H18BrNO3S. The Morgan fingerprint density at radius 3 is 2.95 bits per heavy atom. The number of ether oxygens (including phenoxy) is 1. The largest absolute Gasteiger partial charge is 0.393 e. The van der Waals surface area contributed by atoms with E-state index < -0.39 is 0 Å². The van der Waals surface area contributed by atoms with Crippen molar-refractivity contribution < 1.29 is 14.6 Å². The summed E-state index contributed by atoms with van der Waals surface area (Å²) < 4.78 is 6.19. The van der Waals surface area contributed by atoms with E-state index in [-0.39, 0.29) is 12.0 Å². The standard InChI is InChI=1S/C13H18BrNO3S/c14-10-7-12(19-8-10)13(17)15-4-1-11(16)9-2-5-18-6-3-9/h7-9,11,16H,1-6H2,(H,15,17)/t11-/m1/s1. The Bertz CT molecular complexity index is 418. The molecule has 1 aromatic rings. The summed E-state index contributed by atoms with van der Waals surface area (Å²) >= 11 is 4.73. The zero-order valence-corrected chi connectivity index (χ0v) is 13.0. The molecule has 0 aromatic carbocycles. The molecule has 1 aliphatic rings. The Labute approximate surface area is 125 Å². The Kier molecular flexibility index (Phi) is 5.81. The number of aliphatic hydroxyl groups is 1. The lowest BCUT2D eigenvalue weighted by Crippen LogP contribution is -2.32. The first-order valence-electron chi connectivity index (χ1n) is 6.45. The fourth-order valence-corrected chi connectivity index (χ4v) is 3.53. The van der Waals surface area contributed by atoms with Gasteiger partial charge in [-0.25, -0.2) is 0 Å². The predicted molar refractivity (Wildman–Crippen MR) is 78.5 cm³/mol. The second kappa shape index (κ2) is 7.38. The number of nitrogens with one attached hydrogen (secondary N) is 1. The van der Waals surface area contributed by atoms with Crippen LogP contribution in [0.4, 0.5) is 0 Å². The minimum atomic E-state index is -0.348. The van der Waals surface area contributed by atoms with Crippen molar-refractivity contribution in [2.45, 2.75) is 25.4 Å². The highest BCUT2D eigenvalue weighted by molar-refractivity contribution is 9.10. The molecule has 0 radical (unpaired) electrons. The number of thiophene rings is 1. The number of carbonyl (C=O) groups excluding carboxylic acids is 1. The van der Waals surface area contributed by atoms with Crippen LogP contribution in [0.25, 0.3) is 0 Å². The van der Waals surface area contributed by atoms with E-state index in [0.29, 0.717) is 23.8 Å². The van der Waals surface area contributed by atoms with Crippen molar-refractivity contribution in [3.8, 4) is 0 Å². The van der Waals surface area contributed by atoms with Crippen LogP contribution >= 0.6 is 27.3 Å². The summed E-state index contributed by atoms with van der Waals surface area (Å²) in [6, 6.07) is 1.80. The summed E-state index contributed by atoms with van der Waals surface area (Å²) in [7, 11) is 0. The Morgan fingerprint density at radius 1 is 1.58 bits per heavy atom. The predicted octanol–water partition coefficient (Wildman–Crippen LogP) is 2.42. The van der Waals surface area contributed by atoms with Crippen molar-refractivity contribution in [2.75, 3.05) is 19.8 Å². The number of rotatable bonds is 5. The first-order chi connectivity index (χ1) is 9.16. The highest BCUT2D eigenvalue weighted by Crippen LogP contribution is 2.21. The van der Waals surface area contributed by atoms with Crippen molar-refractivity contribution in [3.63, 3.8) is 0 Å². The molecule has 2 N–H and O–H groups in total. The van der Waals surface area contributed by atoms with Gasteiger partial charge in [-0.3, -0.25) is 4.79 Å². The molecule has 1 amide bonds. The Hall–Kier alpha value is -0.430. The fraction of sp³-hybridized carbons (Fsp3) is 0.615. The summed E-state index contributed by atoms with van der Waals surface area (Å²) in [6.07, 6.45) is 2.07. The quantitative estimate of drug-likeness (QED) is 0.859. The minimum absolute atomic E-state index is 0.0742. The van der Waals surface area contributed by atoms with Gasteiger partial charge in [0.15, 0.2) is 0 Å². The molecule has 2 heterocycles. The molecule has 1 fully saturated rings. The van der Waals surface area contributed by atoms with Crippen LogP contribution in [0, 0.1) is 5.92 Å². The van der Waals surface area contributed by atoms with Crippen molar-refractivity contribution in [1.82, 2.24) is 5.32 Å². The van der Waals surface area contributed by atoms with E-state index in [4.69, 9.17) is 4.74 Å². The second-order valence-electron chi connectivity index (χ2n) is 4.69. The second-order valence-corrected chi connectivity index (χ2v) is 6.52. The average Bonchev–Trinajstić information content (AvgIpc) is 2.86. The first kappa shape index (κ1) is 15.0. The van der Waals surface area contributed by atoms with Crippen LogP contribution in [0.2, 0.25) is 0 Å². The van der Waals surface area contributed by atoms with Gasteiger partial charge in [0.05, 0.1) is 11.0 Å². The molecule has 2 rings (SSSR count). The summed E-state index contributed by atoms with van der Waals surface area (Å²) in [4.78, 5) is 12.5. The maximum absolute atomic E-state index is 11.8. The van der Waals surface area contributed by atoms with Crippen LogP contribution in [-0.4, -0.2) is 36.9 Å². The zero-order valence-electron chi connectivity index (χ0n) is 10.6. The van der Waals surface area contributed by atoms with Crippen LogP contribution < -0.4 is 5.32 Å². The molecule has 0 aliphatic carbocycles. The molecule has 0 spiro atoms. The van der Waals surface area contributed by atoms with Gasteiger partial charge in [0.25, 0.3) is 5.91 Å². The van der Waals surface area contributed by atoms with Gasteiger partial charge in [0.1, 0.15) is 0 Å². The van der Waals surface area contributed by atoms with Gasteiger partial charge in [-0.05, 0) is 47.2 Å². The van der Waals surface area contributed by atoms with Gasteiger partial charge in [-0.15, -0.1) is 11.3 Å². The van der Waals surface area contributed by atoms with E-state index in [9.17, 15) is 9.90 Å². The molecule has 0 saturated carbocycles. The fourth-order valence-electron chi connectivity index (χ4n) is 2.19. The average molecular weight is 348 g/mol. The molecule has 1 saturated heterocycles. The molecular weight excluding hydrogens is 330 g/mol. The van der Waals surface area contributed by atoms with Gasteiger partial charge < -0.3 is 15.2 Å². The van der Waals surface area contributed by atoms with Crippen LogP contribution in [-0.2, 0) is 4.74 Å². The van der Waals surface area contributed by atoms with Gasteiger partial charge in [0.2, 0.25) is 0 Å². The maximum atomic E-state index is 11.8. The lowest BCUT2D eigenvalue weighted by molar-refractivity contribution is 0.00528. The number of hydrogen-bond donors (Lipinski definition) is 2. The van der Waals surface area contributed by atoms with E-state index in [0.717, 1.165) is 30.5 Å². The van der Waals surface area contributed by atoms with Crippen molar-refractivity contribution in [2.24, 2.45) is 5.92 Å². The highest BCUT2D eigenvalue weighted by atomic mass is 79.9. The summed E-state index contributed by atoms with van der Waals surface area (Å²) in [5.41, 5.74) is 0. The highest BCUT2D eigenvalue weighted by Gasteiger charge is 2.21. The number of aliphatic hydroxyl groups excluding tert-OH is 1. The van der Waals surface area contributed by atoms with Crippen molar-refractivity contribution in [1.29, 1.82) is 0 Å². The Morgan fingerprint density at radius 2 is 2.32 bits per heavy atom. The van der Waals surface area contributed by atoms with E-state index in [1.165, 1.54) is 11.3 Å². The molecule has 0 unspecified atom stereocenters. The zero-order chi connectivity index (χ0) is 13.7. The molecule has 1 aliphatic heterocycles. The normalized spacial score (nSPS) is 18.2. The lowest BCUT2D eigenvalue weighted by atomic mass is 9.92.